The minimum atomic E-state index is -0.498. The normalized spacial score (nSPS) is 22.6. The highest BCUT2D eigenvalue weighted by Crippen LogP contribution is 2.20. The lowest BCUT2D eigenvalue weighted by atomic mass is 9.94. The third kappa shape index (κ3) is 3.74. The first-order valence-corrected chi connectivity index (χ1v) is 4.64. The van der Waals surface area contributed by atoms with Gasteiger partial charge in [-0.3, -0.25) is 9.69 Å². The number of hydrogen-bond donors (Lipinski definition) is 1. The summed E-state index contributed by atoms with van der Waals surface area (Å²) in [6.45, 7) is 5.33. The van der Waals surface area contributed by atoms with E-state index >= 15 is 0 Å². The molecule has 0 aliphatic carbocycles. The Hall–Kier alpha value is -0.610. The molecule has 0 saturated carbocycles. The predicted octanol–water partition coefficient (Wildman–Crippen LogP) is 0.00620. The van der Waals surface area contributed by atoms with Crippen molar-refractivity contribution in [2.75, 3.05) is 26.2 Å². The molecule has 1 saturated heterocycles. The first-order valence-electron chi connectivity index (χ1n) is 4.64. The van der Waals surface area contributed by atoms with Crippen molar-refractivity contribution >= 4 is 6.47 Å². The van der Waals surface area contributed by atoms with Crippen LogP contribution in [0.3, 0.4) is 0 Å². The number of nitrogens with zero attached hydrogens (tertiary/aromatic N) is 1. The maximum atomic E-state index is 9.87. The molecule has 4 heteroatoms. The van der Waals surface area contributed by atoms with Gasteiger partial charge in [-0.2, -0.15) is 0 Å². The van der Waals surface area contributed by atoms with Gasteiger partial charge in [-0.1, -0.05) is 0 Å². The molecule has 0 amide bonds. The molecule has 76 valence electrons. The fourth-order valence-corrected chi connectivity index (χ4v) is 1.49. The lowest BCUT2D eigenvalue weighted by Gasteiger charge is -2.35. The molecule has 1 aliphatic rings. The average molecular weight is 187 g/mol. The van der Waals surface area contributed by atoms with Crippen molar-refractivity contribution in [2.45, 2.75) is 25.4 Å². The van der Waals surface area contributed by atoms with Gasteiger partial charge in [-0.05, 0) is 19.8 Å². The number of rotatable bonds is 4. The van der Waals surface area contributed by atoms with E-state index in [1.54, 1.807) is 0 Å². The quantitative estimate of drug-likeness (QED) is 0.497. The van der Waals surface area contributed by atoms with Crippen LogP contribution < -0.4 is 0 Å². The van der Waals surface area contributed by atoms with Gasteiger partial charge >= 0.3 is 0 Å². The second kappa shape index (κ2) is 4.58. The molecular formula is C9H17NO3. The van der Waals surface area contributed by atoms with E-state index in [-0.39, 0.29) is 0 Å². The molecule has 1 fully saturated rings. The van der Waals surface area contributed by atoms with Crippen molar-refractivity contribution in [3.05, 3.63) is 0 Å². The molecule has 0 bridgehead atoms. The van der Waals surface area contributed by atoms with E-state index < -0.39 is 5.60 Å². The van der Waals surface area contributed by atoms with Gasteiger partial charge in [0.15, 0.2) is 0 Å². The van der Waals surface area contributed by atoms with Crippen molar-refractivity contribution < 1.29 is 14.6 Å². The van der Waals surface area contributed by atoms with Gasteiger partial charge < -0.3 is 9.84 Å². The van der Waals surface area contributed by atoms with Gasteiger partial charge in [-0.25, -0.2) is 0 Å². The van der Waals surface area contributed by atoms with E-state index in [0.29, 0.717) is 13.1 Å². The van der Waals surface area contributed by atoms with Crippen molar-refractivity contribution in [1.82, 2.24) is 4.90 Å². The van der Waals surface area contributed by atoms with Crippen molar-refractivity contribution in [2.24, 2.45) is 0 Å². The van der Waals surface area contributed by atoms with E-state index in [4.69, 9.17) is 0 Å². The Kier molecular flexibility index (Phi) is 3.69. The van der Waals surface area contributed by atoms with Gasteiger partial charge in [0.1, 0.15) is 6.61 Å². The summed E-state index contributed by atoms with van der Waals surface area (Å²) in [5.41, 5.74) is -0.498. The molecule has 1 aliphatic heterocycles. The summed E-state index contributed by atoms with van der Waals surface area (Å²) in [4.78, 5) is 12.1. The number of ether oxygens (including phenoxy) is 1. The van der Waals surface area contributed by atoms with Crippen LogP contribution in [0, 0.1) is 0 Å². The van der Waals surface area contributed by atoms with Crippen LogP contribution in [0.5, 0.6) is 0 Å². The monoisotopic (exact) mass is 187 g/mol. The summed E-state index contributed by atoms with van der Waals surface area (Å²) in [7, 11) is 0. The first-order chi connectivity index (χ1) is 6.14. The standard InChI is InChI=1S/C9H17NO3/c1-9(12)2-4-10(5-3-9)6-7-13-8-11/h8,12H,2-7H2,1H3. The zero-order chi connectivity index (χ0) is 9.73. The number of aliphatic hydroxyl groups is 1. The Balaban J connectivity index is 2.14. The summed E-state index contributed by atoms with van der Waals surface area (Å²) in [6, 6.07) is 0. The van der Waals surface area contributed by atoms with Crippen LogP contribution in [0.25, 0.3) is 0 Å². The second-order valence-corrected chi connectivity index (χ2v) is 3.81. The fourth-order valence-electron chi connectivity index (χ4n) is 1.49. The van der Waals surface area contributed by atoms with Crippen LogP contribution in [0.4, 0.5) is 0 Å². The molecule has 1 rings (SSSR count). The Labute approximate surface area is 78.5 Å². The molecule has 1 heterocycles. The second-order valence-electron chi connectivity index (χ2n) is 3.81. The number of hydrogen-bond acceptors (Lipinski definition) is 4. The molecule has 0 aromatic heterocycles. The molecule has 4 nitrogen and oxygen atoms in total. The fraction of sp³-hybridized carbons (Fsp3) is 0.889. The molecule has 0 aromatic carbocycles. The van der Waals surface area contributed by atoms with Crippen molar-refractivity contribution in [3.8, 4) is 0 Å². The number of likely N-dealkylation sites (tertiary alicyclic amines) is 1. The number of carbonyl (C=O) groups is 1. The van der Waals surface area contributed by atoms with E-state index in [0.717, 1.165) is 32.5 Å². The van der Waals surface area contributed by atoms with Crippen LogP contribution in [0.1, 0.15) is 19.8 Å². The largest absolute Gasteiger partial charge is 0.467 e. The summed E-state index contributed by atoms with van der Waals surface area (Å²) in [6.07, 6.45) is 1.60. The van der Waals surface area contributed by atoms with Crippen LogP contribution >= 0.6 is 0 Å². The minimum Gasteiger partial charge on any atom is -0.467 e. The smallest absolute Gasteiger partial charge is 0.293 e. The van der Waals surface area contributed by atoms with Gasteiger partial charge in [0.2, 0.25) is 0 Å². The Bertz CT molecular complexity index is 160. The summed E-state index contributed by atoms with van der Waals surface area (Å²) in [5.74, 6) is 0. The zero-order valence-electron chi connectivity index (χ0n) is 8.03. The van der Waals surface area contributed by atoms with Crippen molar-refractivity contribution in [3.63, 3.8) is 0 Å². The van der Waals surface area contributed by atoms with Crippen molar-refractivity contribution in [1.29, 1.82) is 0 Å². The van der Waals surface area contributed by atoms with Gasteiger partial charge in [-0.15, -0.1) is 0 Å². The van der Waals surface area contributed by atoms with Crippen LogP contribution in [0.15, 0.2) is 0 Å². The van der Waals surface area contributed by atoms with Gasteiger partial charge in [0, 0.05) is 19.6 Å². The van der Waals surface area contributed by atoms with Gasteiger partial charge in [0.05, 0.1) is 5.60 Å². The minimum absolute atomic E-state index is 0.450. The molecule has 0 unspecified atom stereocenters. The lowest BCUT2D eigenvalue weighted by Crippen LogP contribution is -2.43. The van der Waals surface area contributed by atoms with Crippen LogP contribution in [0.2, 0.25) is 0 Å². The van der Waals surface area contributed by atoms with E-state index in [1.165, 1.54) is 0 Å². The lowest BCUT2D eigenvalue weighted by molar-refractivity contribution is -0.129. The number of carbonyl (C=O) groups excluding carboxylic acids is 1. The maximum absolute atomic E-state index is 9.87. The van der Waals surface area contributed by atoms with E-state index in [9.17, 15) is 9.90 Å². The molecule has 0 spiro atoms. The SMILES string of the molecule is CC1(O)CCN(CCOC=O)CC1. The highest BCUT2D eigenvalue weighted by atomic mass is 16.5. The van der Waals surface area contributed by atoms with Crippen LogP contribution in [-0.4, -0.2) is 48.3 Å². The first kappa shape index (κ1) is 10.5. The maximum Gasteiger partial charge on any atom is 0.293 e. The predicted molar refractivity (Wildman–Crippen MR) is 48.3 cm³/mol. The van der Waals surface area contributed by atoms with Crippen LogP contribution in [-0.2, 0) is 9.53 Å². The Morgan fingerprint density at radius 1 is 1.54 bits per heavy atom. The Morgan fingerprint density at radius 3 is 2.69 bits per heavy atom. The third-order valence-electron chi connectivity index (χ3n) is 2.53. The zero-order valence-corrected chi connectivity index (χ0v) is 8.03. The number of piperidine rings is 1. The summed E-state index contributed by atoms with van der Waals surface area (Å²) in [5, 5.41) is 9.65. The third-order valence-corrected chi connectivity index (χ3v) is 2.53. The molecule has 1 N–H and O–H groups in total. The summed E-state index contributed by atoms with van der Waals surface area (Å²) >= 11 is 0. The van der Waals surface area contributed by atoms with E-state index in [2.05, 4.69) is 9.64 Å². The van der Waals surface area contributed by atoms with Gasteiger partial charge in [0.25, 0.3) is 6.47 Å². The highest BCUT2D eigenvalue weighted by molar-refractivity contribution is 5.36. The molecular weight excluding hydrogens is 170 g/mol. The molecule has 0 aromatic rings. The van der Waals surface area contributed by atoms with E-state index in [1.807, 2.05) is 6.92 Å². The highest BCUT2D eigenvalue weighted by Gasteiger charge is 2.26. The molecule has 13 heavy (non-hydrogen) atoms. The topological polar surface area (TPSA) is 49.8 Å². The molecule has 0 radical (unpaired) electrons. The Morgan fingerprint density at radius 2 is 2.15 bits per heavy atom. The average Bonchev–Trinajstić information content (AvgIpc) is 2.08. The molecule has 0 atom stereocenters. The summed E-state index contributed by atoms with van der Waals surface area (Å²) < 4.78 is 4.60.